The molecule has 0 bridgehead atoms. The Labute approximate surface area is 137 Å². The third-order valence-corrected chi connectivity index (χ3v) is 3.79. The number of hydrogen-bond donors (Lipinski definition) is 0. The van der Waals surface area contributed by atoms with Crippen LogP contribution in [0, 0.1) is 10.1 Å². The Morgan fingerprint density at radius 3 is 2.33 bits per heavy atom. The van der Waals surface area contributed by atoms with Crippen LogP contribution in [-0.4, -0.2) is 9.91 Å². The molecule has 4 aromatic rings. The van der Waals surface area contributed by atoms with Gasteiger partial charge in [0.15, 0.2) is 0 Å². The molecule has 116 valence electrons. The van der Waals surface area contributed by atoms with E-state index in [1.807, 2.05) is 54.6 Å². The first-order chi connectivity index (χ1) is 11.7. The molecule has 0 atom stereocenters. The summed E-state index contributed by atoms with van der Waals surface area (Å²) in [5.74, 6) is 1.24. The van der Waals surface area contributed by atoms with Crippen molar-refractivity contribution in [3.63, 3.8) is 0 Å². The first-order valence-corrected chi connectivity index (χ1v) is 7.42. The normalized spacial score (nSPS) is 10.8. The average molecular weight is 316 g/mol. The van der Waals surface area contributed by atoms with E-state index in [0.29, 0.717) is 22.4 Å². The molecule has 0 amide bonds. The third-order valence-electron chi connectivity index (χ3n) is 3.79. The van der Waals surface area contributed by atoms with Crippen LogP contribution in [0.3, 0.4) is 0 Å². The fourth-order valence-electron chi connectivity index (χ4n) is 2.67. The van der Waals surface area contributed by atoms with E-state index in [1.54, 1.807) is 6.07 Å². The number of benzene rings is 3. The van der Waals surface area contributed by atoms with Gasteiger partial charge in [-0.05, 0) is 30.3 Å². The van der Waals surface area contributed by atoms with E-state index in [0.717, 1.165) is 10.9 Å². The smallest absolute Gasteiger partial charge is 0.270 e. The number of non-ortho nitro benzene ring substituents is 1. The predicted octanol–water partition coefficient (Wildman–Crippen LogP) is 5.09. The molecular formula is C19H12N2O3. The number of nitro benzene ring substituents is 1. The highest BCUT2D eigenvalue weighted by atomic mass is 16.6. The van der Waals surface area contributed by atoms with Gasteiger partial charge >= 0.3 is 0 Å². The number of fused-ring (bicyclic) bond motifs is 2. The molecule has 0 aliphatic rings. The van der Waals surface area contributed by atoms with Crippen molar-refractivity contribution in [2.45, 2.75) is 0 Å². The van der Waals surface area contributed by atoms with Gasteiger partial charge in [-0.25, -0.2) is 4.98 Å². The standard InChI is InChI=1S/C19H12N2O3/c22-21(23)13-10-11-18-16(12-13)19(24-14-6-2-1-3-7-14)15-8-4-5-9-17(15)20-18/h1-12H. The van der Waals surface area contributed by atoms with Gasteiger partial charge in [-0.15, -0.1) is 0 Å². The highest BCUT2D eigenvalue weighted by Gasteiger charge is 2.15. The van der Waals surface area contributed by atoms with Crippen molar-refractivity contribution >= 4 is 27.5 Å². The van der Waals surface area contributed by atoms with Gasteiger partial charge in [-0.2, -0.15) is 0 Å². The molecule has 0 fully saturated rings. The molecule has 24 heavy (non-hydrogen) atoms. The largest absolute Gasteiger partial charge is 0.456 e. The molecule has 1 aromatic heterocycles. The molecule has 0 N–H and O–H groups in total. The Morgan fingerprint density at radius 2 is 1.54 bits per heavy atom. The minimum Gasteiger partial charge on any atom is -0.456 e. The lowest BCUT2D eigenvalue weighted by atomic mass is 10.1. The number of pyridine rings is 1. The number of rotatable bonds is 3. The number of para-hydroxylation sites is 2. The molecule has 0 saturated heterocycles. The summed E-state index contributed by atoms with van der Waals surface area (Å²) in [5, 5.41) is 12.6. The molecule has 0 saturated carbocycles. The molecular weight excluding hydrogens is 304 g/mol. The van der Waals surface area contributed by atoms with Crippen LogP contribution in [0.25, 0.3) is 21.8 Å². The molecule has 4 rings (SSSR count). The van der Waals surface area contributed by atoms with Crippen LogP contribution in [-0.2, 0) is 0 Å². The second-order valence-corrected chi connectivity index (χ2v) is 5.33. The van der Waals surface area contributed by atoms with Gasteiger partial charge in [0.1, 0.15) is 11.5 Å². The zero-order chi connectivity index (χ0) is 16.5. The van der Waals surface area contributed by atoms with Gasteiger partial charge in [0, 0.05) is 17.5 Å². The van der Waals surface area contributed by atoms with Crippen molar-refractivity contribution in [2.24, 2.45) is 0 Å². The van der Waals surface area contributed by atoms with E-state index in [9.17, 15) is 10.1 Å². The number of nitrogens with zero attached hydrogens (tertiary/aromatic N) is 2. The van der Waals surface area contributed by atoms with E-state index < -0.39 is 4.92 Å². The minimum atomic E-state index is -0.416. The lowest BCUT2D eigenvalue weighted by molar-refractivity contribution is -0.384. The van der Waals surface area contributed by atoms with Gasteiger partial charge in [0.2, 0.25) is 0 Å². The van der Waals surface area contributed by atoms with Crippen LogP contribution in [0.4, 0.5) is 5.69 Å². The van der Waals surface area contributed by atoms with Crippen molar-refractivity contribution in [3.8, 4) is 11.5 Å². The molecule has 0 radical (unpaired) electrons. The molecule has 5 heteroatoms. The quantitative estimate of drug-likeness (QED) is 0.300. The van der Waals surface area contributed by atoms with Crippen LogP contribution in [0.2, 0.25) is 0 Å². The fraction of sp³-hybridized carbons (Fsp3) is 0. The Hall–Kier alpha value is -3.47. The maximum Gasteiger partial charge on any atom is 0.270 e. The van der Waals surface area contributed by atoms with Crippen molar-refractivity contribution in [1.29, 1.82) is 0 Å². The minimum absolute atomic E-state index is 0.0116. The maximum atomic E-state index is 11.1. The van der Waals surface area contributed by atoms with Gasteiger partial charge in [0.05, 0.1) is 21.3 Å². The molecule has 0 spiro atoms. The highest BCUT2D eigenvalue weighted by Crippen LogP contribution is 2.37. The van der Waals surface area contributed by atoms with Crippen LogP contribution in [0.15, 0.2) is 72.8 Å². The Bertz CT molecular complexity index is 1060. The van der Waals surface area contributed by atoms with Crippen LogP contribution in [0.5, 0.6) is 11.5 Å². The van der Waals surface area contributed by atoms with Crippen molar-refractivity contribution in [2.75, 3.05) is 0 Å². The monoisotopic (exact) mass is 316 g/mol. The van der Waals surface area contributed by atoms with Gasteiger partial charge in [-0.1, -0.05) is 30.3 Å². The van der Waals surface area contributed by atoms with Crippen LogP contribution < -0.4 is 4.74 Å². The summed E-state index contributed by atoms with van der Waals surface area (Å²) in [6, 6.07) is 21.6. The summed E-state index contributed by atoms with van der Waals surface area (Å²) in [6.45, 7) is 0. The van der Waals surface area contributed by atoms with E-state index in [4.69, 9.17) is 4.74 Å². The van der Waals surface area contributed by atoms with Crippen molar-refractivity contribution in [3.05, 3.63) is 82.9 Å². The molecule has 0 unspecified atom stereocenters. The van der Waals surface area contributed by atoms with Gasteiger partial charge in [0.25, 0.3) is 5.69 Å². The fourth-order valence-corrected chi connectivity index (χ4v) is 2.67. The second-order valence-electron chi connectivity index (χ2n) is 5.33. The first kappa shape index (κ1) is 14.1. The molecule has 0 aliphatic heterocycles. The summed E-state index contributed by atoms with van der Waals surface area (Å²) < 4.78 is 6.08. The van der Waals surface area contributed by atoms with E-state index in [-0.39, 0.29) is 5.69 Å². The molecule has 0 aliphatic carbocycles. The summed E-state index contributed by atoms with van der Waals surface area (Å²) >= 11 is 0. The summed E-state index contributed by atoms with van der Waals surface area (Å²) in [7, 11) is 0. The molecule has 3 aromatic carbocycles. The number of hydrogen-bond acceptors (Lipinski definition) is 4. The van der Waals surface area contributed by atoms with Gasteiger partial charge in [-0.3, -0.25) is 10.1 Å². The summed E-state index contributed by atoms with van der Waals surface area (Å²) in [4.78, 5) is 15.3. The molecule has 1 heterocycles. The van der Waals surface area contributed by atoms with E-state index in [1.165, 1.54) is 12.1 Å². The lowest BCUT2D eigenvalue weighted by Gasteiger charge is -2.12. The average Bonchev–Trinajstić information content (AvgIpc) is 2.62. The van der Waals surface area contributed by atoms with E-state index in [2.05, 4.69) is 4.98 Å². The zero-order valence-corrected chi connectivity index (χ0v) is 12.5. The first-order valence-electron chi connectivity index (χ1n) is 7.42. The third kappa shape index (κ3) is 2.42. The summed E-state index contributed by atoms with van der Waals surface area (Å²) in [6.07, 6.45) is 0. The molecule has 5 nitrogen and oxygen atoms in total. The lowest BCUT2D eigenvalue weighted by Crippen LogP contribution is -1.93. The van der Waals surface area contributed by atoms with Crippen molar-refractivity contribution < 1.29 is 9.66 Å². The van der Waals surface area contributed by atoms with Crippen molar-refractivity contribution in [1.82, 2.24) is 4.98 Å². The Kier molecular flexibility index (Phi) is 3.31. The summed E-state index contributed by atoms with van der Waals surface area (Å²) in [5.41, 5.74) is 1.45. The number of ether oxygens (including phenoxy) is 1. The Morgan fingerprint density at radius 1 is 0.833 bits per heavy atom. The highest BCUT2D eigenvalue weighted by molar-refractivity contribution is 6.01. The van der Waals surface area contributed by atoms with Gasteiger partial charge < -0.3 is 4.74 Å². The number of aromatic nitrogens is 1. The second kappa shape index (κ2) is 5.62. The maximum absolute atomic E-state index is 11.1. The van der Waals surface area contributed by atoms with Crippen LogP contribution >= 0.6 is 0 Å². The zero-order valence-electron chi connectivity index (χ0n) is 12.5. The predicted molar refractivity (Wildman–Crippen MR) is 92.4 cm³/mol. The van der Waals surface area contributed by atoms with Crippen LogP contribution in [0.1, 0.15) is 0 Å². The SMILES string of the molecule is O=[N+]([O-])c1ccc2nc3ccccc3c(Oc3ccccc3)c2c1. The topological polar surface area (TPSA) is 65.3 Å². The Balaban J connectivity index is 2.03. The van der Waals surface area contributed by atoms with E-state index >= 15 is 0 Å². The number of nitro groups is 1.